The fourth-order valence-corrected chi connectivity index (χ4v) is 2.73. The van der Waals surface area contributed by atoms with Crippen molar-refractivity contribution >= 4 is 11.9 Å². The average Bonchev–Trinajstić information content (AvgIpc) is 3.21. The number of methoxy groups -OCH3 is 1. The summed E-state index contributed by atoms with van der Waals surface area (Å²) in [7, 11) is 3.21. The molecule has 0 spiro atoms. The molecule has 0 fully saturated rings. The van der Waals surface area contributed by atoms with E-state index in [2.05, 4.69) is 10.3 Å². The van der Waals surface area contributed by atoms with Crippen molar-refractivity contribution in [3.8, 4) is 5.75 Å². The van der Waals surface area contributed by atoms with Crippen LogP contribution >= 0.6 is 0 Å². The largest absolute Gasteiger partial charge is 0.496 e. The fourth-order valence-electron chi connectivity index (χ4n) is 2.73. The van der Waals surface area contributed by atoms with Crippen LogP contribution in [-0.4, -0.2) is 52.5 Å². The second kappa shape index (κ2) is 9.50. The number of para-hydroxylation sites is 1. The van der Waals surface area contributed by atoms with Crippen molar-refractivity contribution in [3.05, 3.63) is 77.6 Å². The lowest BCUT2D eigenvalue weighted by atomic mass is 10.2. The molecular formula is C21H22N4O4. The number of esters is 1. The molecule has 1 aromatic heterocycles. The van der Waals surface area contributed by atoms with Crippen molar-refractivity contribution < 1.29 is 19.1 Å². The summed E-state index contributed by atoms with van der Waals surface area (Å²) in [5.74, 6) is -0.330. The number of carbonyl (C=O) groups is 2. The van der Waals surface area contributed by atoms with Gasteiger partial charge in [-0.3, -0.25) is 4.79 Å². The number of aromatic nitrogens is 3. The van der Waals surface area contributed by atoms with Crippen LogP contribution in [0.25, 0.3) is 0 Å². The summed E-state index contributed by atoms with van der Waals surface area (Å²) < 4.78 is 11.9. The third-order valence-corrected chi connectivity index (χ3v) is 4.29. The minimum absolute atomic E-state index is 0.0566. The SMILES string of the molecule is COc1ccccc1CN(C)C(=O)COC(=O)c1cn(Cc2ccccc2)nn1. The molecule has 0 N–H and O–H groups in total. The zero-order chi connectivity index (χ0) is 20.6. The van der Waals surface area contributed by atoms with Gasteiger partial charge >= 0.3 is 5.97 Å². The average molecular weight is 394 g/mol. The summed E-state index contributed by atoms with van der Waals surface area (Å²) in [6.07, 6.45) is 1.50. The summed E-state index contributed by atoms with van der Waals surface area (Å²) >= 11 is 0. The van der Waals surface area contributed by atoms with E-state index in [0.717, 1.165) is 11.1 Å². The molecule has 8 nitrogen and oxygen atoms in total. The van der Waals surface area contributed by atoms with Crippen LogP contribution in [0.1, 0.15) is 21.6 Å². The summed E-state index contributed by atoms with van der Waals surface area (Å²) in [6, 6.07) is 17.1. The highest BCUT2D eigenvalue weighted by Crippen LogP contribution is 2.18. The first-order valence-corrected chi connectivity index (χ1v) is 9.04. The number of amides is 1. The molecule has 0 unspecified atom stereocenters. The van der Waals surface area contributed by atoms with Gasteiger partial charge < -0.3 is 14.4 Å². The van der Waals surface area contributed by atoms with Gasteiger partial charge in [0.05, 0.1) is 19.9 Å². The molecule has 3 aromatic rings. The van der Waals surface area contributed by atoms with Crippen LogP contribution < -0.4 is 4.74 Å². The number of likely N-dealkylation sites (N-methyl/N-ethyl adjacent to an activating group) is 1. The Morgan fingerprint density at radius 3 is 2.55 bits per heavy atom. The Bertz CT molecular complexity index is 972. The van der Waals surface area contributed by atoms with Gasteiger partial charge in [0.25, 0.3) is 5.91 Å². The molecule has 0 radical (unpaired) electrons. The van der Waals surface area contributed by atoms with Crippen LogP contribution in [-0.2, 0) is 22.6 Å². The van der Waals surface area contributed by atoms with E-state index in [1.165, 1.54) is 11.1 Å². The van der Waals surface area contributed by atoms with Gasteiger partial charge in [0.15, 0.2) is 12.3 Å². The monoisotopic (exact) mass is 394 g/mol. The van der Waals surface area contributed by atoms with Crippen molar-refractivity contribution in [2.75, 3.05) is 20.8 Å². The number of carbonyl (C=O) groups excluding carboxylic acids is 2. The van der Waals surface area contributed by atoms with E-state index >= 15 is 0 Å². The summed E-state index contributed by atoms with van der Waals surface area (Å²) in [4.78, 5) is 25.9. The van der Waals surface area contributed by atoms with E-state index in [0.29, 0.717) is 18.8 Å². The molecule has 0 aliphatic rings. The van der Waals surface area contributed by atoms with E-state index < -0.39 is 5.97 Å². The lowest BCUT2D eigenvalue weighted by Gasteiger charge is -2.18. The van der Waals surface area contributed by atoms with Gasteiger partial charge in [-0.1, -0.05) is 53.7 Å². The molecule has 150 valence electrons. The number of benzene rings is 2. The third kappa shape index (κ3) is 5.41. The lowest BCUT2D eigenvalue weighted by Crippen LogP contribution is -2.31. The zero-order valence-electron chi connectivity index (χ0n) is 16.3. The van der Waals surface area contributed by atoms with Crippen LogP contribution in [0.3, 0.4) is 0 Å². The molecule has 0 bridgehead atoms. The molecular weight excluding hydrogens is 372 g/mol. The van der Waals surface area contributed by atoms with Gasteiger partial charge in [-0.15, -0.1) is 5.10 Å². The lowest BCUT2D eigenvalue weighted by molar-refractivity contribution is -0.133. The molecule has 29 heavy (non-hydrogen) atoms. The van der Waals surface area contributed by atoms with Crippen molar-refractivity contribution in [1.29, 1.82) is 0 Å². The quantitative estimate of drug-likeness (QED) is 0.544. The first kappa shape index (κ1) is 20.1. The fraction of sp³-hybridized carbons (Fsp3) is 0.238. The van der Waals surface area contributed by atoms with Gasteiger partial charge in [-0.2, -0.15) is 0 Å². The van der Waals surface area contributed by atoms with Crippen molar-refractivity contribution in [1.82, 2.24) is 19.9 Å². The van der Waals surface area contributed by atoms with Crippen molar-refractivity contribution in [3.63, 3.8) is 0 Å². The molecule has 2 aromatic carbocycles. The predicted molar refractivity (Wildman–Crippen MR) is 105 cm³/mol. The summed E-state index contributed by atoms with van der Waals surface area (Å²) in [5.41, 5.74) is 1.95. The van der Waals surface area contributed by atoms with Crippen molar-refractivity contribution in [2.24, 2.45) is 0 Å². The zero-order valence-corrected chi connectivity index (χ0v) is 16.3. The Morgan fingerprint density at radius 1 is 1.07 bits per heavy atom. The Hall–Kier alpha value is -3.68. The molecule has 8 heteroatoms. The Labute approximate surface area is 168 Å². The first-order valence-electron chi connectivity index (χ1n) is 9.04. The Balaban J connectivity index is 1.51. The van der Waals surface area contributed by atoms with Crippen molar-refractivity contribution in [2.45, 2.75) is 13.1 Å². The van der Waals surface area contributed by atoms with Gasteiger partial charge in [0.2, 0.25) is 0 Å². The molecule has 3 rings (SSSR count). The minimum atomic E-state index is -0.691. The normalized spacial score (nSPS) is 10.4. The van der Waals surface area contributed by atoms with Gasteiger partial charge in [-0.25, -0.2) is 9.48 Å². The standard InChI is InChI=1S/C21H22N4O4/c1-24(13-17-10-6-7-11-19(17)28-2)20(26)15-29-21(27)18-14-25(23-22-18)12-16-8-4-3-5-9-16/h3-11,14H,12-13,15H2,1-2H3. The van der Waals surface area contributed by atoms with Crippen LogP contribution in [0.15, 0.2) is 60.8 Å². The molecule has 0 aliphatic carbocycles. The highest BCUT2D eigenvalue weighted by atomic mass is 16.5. The molecule has 0 aliphatic heterocycles. The Kier molecular flexibility index (Phi) is 6.57. The third-order valence-electron chi connectivity index (χ3n) is 4.29. The maximum Gasteiger partial charge on any atom is 0.361 e. The summed E-state index contributed by atoms with van der Waals surface area (Å²) in [5, 5.41) is 7.75. The topological polar surface area (TPSA) is 86.5 Å². The van der Waals surface area contributed by atoms with Crippen LogP contribution in [0, 0.1) is 0 Å². The molecule has 0 saturated heterocycles. The minimum Gasteiger partial charge on any atom is -0.496 e. The number of nitrogens with zero attached hydrogens (tertiary/aromatic N) is 4. The second-order valence-corrected chi connectivity index (χ2v) is 6.42. The maximum absolute atomic E-state index is 12.3. The number of ether oxygens (including phenoxy) is 2. The molecule has 0 atom stereocenters. The van der Waals surface area contributed by atoms with E-state index in [1.54, 1.807) is 18.8 Å². The van der Waals surface area contributed by atoms with E-state index in [-0.39, 0.29) is 18.2 Å². The molecule has 0 saturated carbocycles. The van der Waals surface area contributed by atoms with Crippen LogP contribution in [0.4, 0.5) is 0 Å². The maximum atomic E-state index is 12.3. The van der Waals surface area contributed by atoms with E-state index in [4.69, 9.17) is 9.47 Å². The number of rotatable bonds is 8. The molecule has 1 amide bonds. The molecule has 1 heterocycles. The highest BCUT2D eigenvalue weighted by Gasteiger charge is 2.17. The van der Waals surface area contributed by atoms with Gasteiger partial charge in [0.1, 0.15) is 5.75 Å². The highest BCUT2D eigenvalue weighted by molar-refractivity contribution is 5.89. The first-order chi connectivity index (χ1) is 14.1. The van der Waals surface area contributed by atoms with Crippen LogP contribution in [0.5, 0.6) is 5.75 Å². The summed E-state index contributed by atoms with van der Waals surface area (Å²) in [6.45, 7) is 0.450. The second-order valence-electron chi connectivity index (χ2n) is 6.42. The Morgan fingerprint density at radius 2 is 1.79 bits per heavy atom. The smallest absolute Gasteiger partial charge is 0.361 e. The van der Waals surface area contributed by atoms with Gasteiger partial charge in [0, 0.05) is 19.2 Å². The van der Waals surface area contributed by atoms with Crippen LogP contribution in [0.2, 0.25) is 0 Å². The van der Waals surface area contributed by atoms with E-state index in [1.807, 2.05) is 54.6 Å². The predicted octanol–water partition coefficient (Wildman–Crippen LogP) is 2.15. The number of hydrogen-bond donors (Lipinski definition) is 0. The van der Waals surface area contributed by atoms with Gasteiger partial charge in [-0.05, 0) is 11.6 Å². The van der Waals surface area contributed by atoms with E-state index in [9.17, 15) is 9.59 Å². The number of hydrogen-bond acceptors (Lipinski definition) is 6.